The molecule has 30 heavy (non-hydrogen) atoms. The number of aromatic nitrogens is 2. The number of rotatable bonds is 3. The fourth-order valence-corrected chi connectivity index (χ4v) is 3.22. The molecule has 150 valence electrons. The van der Waals surface area contributed by atoms with Crippen LogP contribution in [-0.2, 0) is 0 Å². The maximum absolute atomic E-state index is 11.1. The Kier molecular flexibility index (Phi) is 5.98. The van der Waals surface area contributed by atoms with Crippen LogP contribution in [0.1, 0.15) is 20.7 Å². The molecule has 2 N–H and O–H groups in total. The van der Waals surface area contributed by atoms with Gasteiger partial charge < -0.3 is 10.2 Å². The summed E-state index contributed by atoms with van der Waals surface area (Å²) in [6, 6.07) is 16.2. The number of hydrogen-bond donors (Lipinski definition) is 2. The van der Waals surface area contributed by atoms with Gasteiger partial charge in [-0.15, -0.1) is 0 Å². The molecule has 1 heterocycles. The van der Waals surface area contributed by atoms with Gasteiger partial charge in [-0.3, -0.25) is 10.1 Å². The molecule has 9 nitrogen and oxygen atoms in total. The lowest BCUT2D eigenvalue weighted by molar-refractivity contribution is -0.385. The molecule has 0 unspecified atom stereocenters. The molecule has 0 aliphatic rings. The molecule has 0 amide bonds. The molecule has 1 aromatic heterocycles. The van der Waals surface area contributed by atoms with Gasteiger partial charge in [0.15, 0.2) is 0 Å². The summed E-state index contributed by atoms with van der Waals surface area (Å²) < 4.78 is -0.00694. The second-order valence-corrected chi connectivity index (χ2v) is 6.68. The molecular formula is C20H12BrN3O6. The molecule has 0 aliphatic carbocycles. The number of benzene rings is 3. The van der Waals surface area contributed by atoms with Crippen molar-refractivity contribution >= 4 is 55.6 Å². The van der Waals surface area contributed by atoms with Gasteiger partial charge >= 0.3 is 11.9 Å². The Balaban J connectivity index is 0.000000178. The highest BCUT2D eigenvalue weighted by atomic mass is 79.9. The topological polar surface area (TPSA) is 144 Å². The monoisotopic (exact) mass is 469 g/mol. The summed E-state index contributed by atoms with van der Waals surface area (Å²) in [6.07, 6.45) is 0. The third kappa shape index (κ3) is 4.23. The molecule has 0 fully saturated rings. The number of halogens is 1. The largest absolute Gasteiger partial charge is 0.478 e. The van der Waals surface area contributed by atoms with Crippen LogP contribution in [0.4, 0.5) is 5.69 Å². The Morgan fingerprint density at radius 3 is 1.93 bits per heavy atom. The molecule has 3 aromatic carbocycles. The molecule has 0 atom stereocenters. The summed E-state index contributed by atoms with van der Waals surface area (Å²) in [7, 11) is 0. The zero-order valence-electron chi connectivity index (χ0n) is 15.0. The number of para-hydroxylation sites is 3. The Morgan fingerprint density at radius 2 is 1.33 bits per heavy atom. The minimum atomic E-state index is -1.20. The van der Waals surface area contributed by atoms with Gasteiger partial charge in [-0.05, 0) is 46.3 Å². The van der Waals surface area contributed by atoms with Gasteiger partial charge in [0.05, 0.1) is 32.6 Å². The van der Waals surface area contributed by atoms with Crippen molar-refractivity contribution in [2.45, 2.75) is 0 Å². The Labute approximate surface area is 176 Å². The van der Waals surface area contributed by atoms with Crippen LogP contribution in [0, 0.1) is 10.1 Å². The summed E-state index contributed by atoms with van der Waals surface area (Å²) in [5.41, 5.74) is 2.31. The zero-order valence-corrected chi connectivity index (χ0v) is 16.6. The van der Waals surface area contributed by atoms with E-state index in [1.54, 1.807) is 12.1 Å². The van der Waals surface area contributed by atoms with Crippen molar-refractivity contribution in [1.82, 2.24) is 9.97 Å². The van der Waals surface area contributed by atoms with E-state index >= 15 is 0 Å². The SMILES string of the molecule is O=C(O)c1cccc([N+](=O)[O-])c1Br.O=C(O)c1cccc2nc3ccccc3nc12. The summed E-state index contributed by atoms with van der Waals surface area (Å²) in [6.45, 7) is 0. The number of nitrogens with zero attached hydrogens (tertiary/aromatic N) is 3. The van der Waals surface area contributed by atoms with Gasteiger partial charge in [0.25, 0.3) is 5.69 Å². The molecule has 0 saturated carbocycles. The van der Waals surface area contributed by atoms with Gasteiger partial charge in [-0.1, -0.05) is 24.3 Å². The molecule has 0 radical (unpaired) electrons. The Hall–Kier alpha value is -3.92. The van der Waals surface area contributed by atoms with E-state index in [0.29, 0.717) is 16.6 Å². The third-order valence-electron chi connectivity index (χ3n) is 4.01. The summed E-state index contributed by atoms with van der Waals surface area (Å²) in [5.74, 6) is -2.18. The molecule has 0 bridgehead atoms. The minimum absolute atomic E-state index is 0.00694. The van der Waals surface area contributed by atoms with Gasteiger partial charge in [0, 0.05) is 6.07 Å². The van der Waals surface area contributed by atoms with Crippen molar-refractivity contribution in [1.29, 1.82) is 0 Å². The van der Waals surface area contributed by atoms with Crippen LogP contribution >= 0.6 is 15.9 Å². The van der Waals surface area contributed by atoms with Crippen molar-refractivity contribution < 1.29 is 24.7 Å². The first kappa shape index (κ1) is 20.8. The van der Waals surface area contributed by atoms with Crippen LogP contribution in [0.3, 0.4) is 0 Å². The Bertz CT molecular complexity index is 1280. The highest BCUT2D eigenvalue weighted by Crippen LogP contribution is 2.28. The van der Waals surface area contributed by atoms with Gasteiger partial charge in [-0.2, -0.15) is 0 Å². The van der Waals surface area contributed by atoms with Gasteiger partial charge in [0.1, 0.15) is 9.99 Å². The predicted octanol–water partition coefficient (Wildman–Crippen LogP) is 4.54. The van der Waals surface area contributed by atoms with E-state index in [0.717, 1.165) is 5.52 Å². The quantitative estimate of drug-likeness (QED) is 0.252. The highest BCUT2D eigenvalue weighted by molar-refractivity contribution is 9.10. The summed E-state index contributed by atoms with van der Waals surface area (Å²) >= 11 is 2.86. The average molecular weight is 470 g/mol. The summed E-state index contributed by atoms with van der Waals surface area (Å²) in [4.78, 5) is 40.1. The summed E-state index contributed by atoms with van der Waals surface area (Å²) in [5, 5.41) is 28.1. The van der Waals surface area contributed by atoms with Crippen molar-refractivity contribution in [2.75, 3.05) is 0 Å². The zero-order chi connectivity index (χ0) is 21.8. The molecule has 4 rings (SSSR count). The number of nitro benzene ring substituents is 1. The van der Waals surface area contributed by atoms with E-state index in [4.69, 9.17) is 10.2 Å². The number of carboxylic acid groups (broad SMARTS) is 2. The molecule has 10 heteroatoms. The first-order chi connectivity index (χ1) is 14.3. The van der Waals surface area contributed by atoms with E-state index in [1.807, 2.05) is 24.3 Å². The van der Waals surface area contributed by atoms with E-state index in [2.05, 4.69) is 25.9 Å². The number of fused-ring (bicyclic) bond motifs is 2. The number of carbonyl (C=O) groups is 2. The van der Waals surface area contributed by atoms with Crippen molar-refractivity contribution in [3.63, 3.8) is 0 Å². The first-order valence-electron chi connectivity index (χ1n) is 8.34. The second kappa shape index (κ2) is 8.62. The number of nitro groups is 1. The van der Waals surface area contributed by atoms with Crippen LogP contribution in [-0.4, -0.2) is 37.0 Å². The molecule has 0 aliphatic heterocycles. The van der Waals surface area contributed by atoms with E-state index in [9.17, 15) is 19.7 Å². The van der Waals surface area contributed by atoms with Gasteiger partial charge in [-0.25, -0.2) is 19.6 Å². The standard InChI is InChI=1S/C13H8N2O2.C7H4BrNO4/c16-13(17)8-4-3-7-11-12(8)15-10-6-2-1-5-9(10)14-11;8-6-4(7(10)11)2-1-3-5(6)9(12)13/h1-7H,(H,16,17);1-3H,(H,10,11). The maximum Gasteiger partial charge on any atom is 0.337 e. The lowest BCUT2D eigenvalue weighted by Crippen LogP contribution is -2.00. The fourth-order valence-electron chi connectivity index (χ4n) is 2.64. The smallest absolute Gasteiger partial charge is 0.337 e. The number of carboxylic acids is 2. The van der Waals surface area contributed by atoms with Crippen molar-refractivity contribution in [3.8, 4) is 0 Å². The normalized spacial score (nSPS) is 10.3. The van der Waals surface area contributed by atoms with Gasteiger partial charge in [0.2, 0.25) is 0 Å². The third-order valence-corrected chi connectivity index (χ3v) is 4.84. The van der Waals surface area contributed by atoms with Crippen LogP contribution in [0.2, 0.25) is 0 Å². The van der Waals surface area contributed by atoms with Crippen LogP contribution in [0.15, 0.2) is 65.1 Å². The second-order valence-electron chi connectivity index (χ2n) is 5.89. The molecule has 0 saturated heterocycles. The maximum atomic E-state index is 11.1. The fraction of sp³-hybridized carbons (Fsp3) is 0. The molecule has 0 spiro atoms. The van der Waals surface area contributed by atoms with Crippen LogP contribution in [0.5, 0.6) is 0 Å². The lowest BCUT2D eigenvalue weighted by atomic mass is 10.1. The first-order valence-corrected chi connectivity index (χ1v) is 9.14. The van der Waals surface area contributed by atoms with E-state index in [-0.39, 0.29) is 21.3 Å². The van der Waals surface area contributed by atoms with Crippen molar-refractivity contribution in [3.05, 3.63) is 86.4 Å². The minimum Gasteiger partial charge on any atom is -0.478 e. The number of aromatic carboxylic acids is 2. The highest BCUT2D eigenvalue weighted by Gasteiger charge is 2.18. The van der Waals surface area contributed by atoms with E-state index < -0.39 is 16.9 Å². The van der Waals surface area contributed by atoms with Crippen molar-refractivity contribution in [2.24, 2.45) is 0 Å². The van der Waals surface area contributed by atoms with Crippen LogP contribution in [0.25, 0.3) is 22.1 Å². The molecular weight excluding hydrogens is 458 g/mol. The predicted molar refractivity (Wildman–Crippen MR) is 112 cm³/mol. The lowest BCUT2D eigenvalue weighted by Gasteiger charge is -2.03. The average Bonchev–Trinajstić information content (AvgIpc) is 2.71. The molecule has 4 aromatic rings. The van der Waals surface area contributed by atoms with E-state index in [1.165, 1.54) is 24.3 Å². The van der Waals surface area contributed by atoms with Crippen LogP contribution < -0.4 is 0 Å². The Morgan fingerprint density at radius 1 is 0.800 bits per heavy atom. The number of hydrogen-bond acceptors (Lipinski definition) is 6.